The molecule has 0 amide bonds. The lowest BCUT2D eigenvalue weighted by atomic mass is 9.78. The van der Waals surface area contributed by atoms with Gasteiger partial charge in [-0.15, -0.1) is 0 Å². The number of fused-ring (bicyclic) bond motifs is 14. The summed E-state index contributed by atoms with van der Waals surface area (Å²) in [5.74, 6) is 3.53. The molecule has 6 aromatic carbocycles. The van der Waals surface area contributed by atoms with Crippen molar-refractivity contribution in [3.8, 4) is 45.3 Å². The fourth-order valence-electron chi connectivity index (χ4n) is 9.26. The summed E-state index contributed by atoms with van der Waals surface area (Å²) in [4.78, 5) is 0. The molecule has 3 aliphatic rings. The molecule has 0 fully saturated rings. The minimum atomic E-state index is 0.402. The maximum absolute atomic E-state index is 6.81. The van der Waals surface area contributed by atoms with Gasteiger partial charge in [-0.1, -0.05) is 72.8 Å². The normalized spacial score (nSPS) is 16.8. The van der Waals surface area contributed by atoms with Gasteiger partial charge in [-0.25, -0.2) is 0 Å². The smallest absolute Gasteiger partial charge is 0.130 e. The first-order valence-electron chi connectivity index (χ1n) is 20.7. The largest absolute Gasteiger partial charge is 0.491 e. The topological polar surface area (TPSA) is 55.4 Å². The van der Waals surface area contributed by atoms with Gasteiger partial charge in [-0.3, -0.25) is 0 Å². The molecule has 0 aromatic heterocycles. The second-order valence-electron chi connectivity index (χ2n) is 15.4. The number of benzene rings is 6. The Morgan fingerprint density at radius 3 is 1.27 bits per heavy atom. The van der Waals surface area contributed by atoms with E-state index in [2.05, 4.69) is 98.8 Å². The Morgan fingerprint density at radius 2 is 0.804 bits per heavy atom. The zero-order valence-electron chi connectivity index (χ0n) is 32.8. The molecule has 6 nitrogen and oxygen atoms in total. The van der Waals surface area contributed by atoms with Crippen LogP contribution in [0.2, 0.25) is 0 Å². The van der Waals surface area contributed by atoms with Crippen molar-refractivity contribution >= 4 is 21.5 Å². The van der Waals surface area contributed by atoms with Crippen LogP contribution < -0.4 is 18.9 Å². The molecule has 6 aromatic rings. The number of hydrogen-bond donors (Lipinski definition) is 0. The van der Waals surface area contributed by atoms with Gasteiger partial charge in [0, 0.05) is 22.3 Å². The first kappa shape index (κ1) is 36.6. The van der Waals surface area contributed by atoms with Crippen LogP contribution in [-0.2, 0) is 35.2 Å². The molecule has 1 aliphatic heterocycles. The van der Waals surface area contributed by atoms with Gasteiger partial charge in [0.1, 0.15) is 49.4 Å². The van der Waals surface area contributed by atoms with Crippen LogP contribution in [0.25, 0.3) is 43.8 Å². The summed E-state index contributed by atoms with van der Waals surface area (Å²) in [6.45, 7) is 7.89. The van der Waals surface area contributed by atoms with Gasteiger partial charge in [0.25, 0.3) is 0 Å². The molecule has 56 heavy (non-hydrogen) atoms. The Kier molecular flexibility index (Phi) is 10.8. The predicted octanol–water partition coefficient (Wildman–Crippen LogP) is 11.0. The second-order valence-corrected chi connectivity index (χ2v) is 15.4. The number of hydrogen-bond acceptors (Lipinski definition) is 6. The highest BCUT2D eigenvalue weighted by atomic mass is 16.6. The van der Waals surface area contributed by atoms with Gasteiger partial charge in [-0.2, -0.15) is 0 Å². The van der Waals surface area contributed by atoms with E-state index in [-0.39, 0.29) is 0 Å². The standard InChI is InChI=1S/C50H52O6/c1-33-31-37-13-5-9-17-41(37)47-48-42-18-10-6-14-38(42)32-34(2)50(48)56-30-26-52-24-28-54-44-22-20-36-12-4-8-16-40(36)46(44)45-39-15-7-3-11-35(39)19-21-43(45)53-27-23-51-25-29-55-49(33)47/h3-4,7-8,11-12,15-16,19-22,31-32H,5-6,9-10,13-14,17-18,23-30H2,1-2H3. The van der Waals surface area contributed by atoms with E-state index in [9.17, 15) is 0 Å². The molecule has 0 unspecified atom stereocenters. The molecule has 0 N–H and O–H groups in total. The fraction of sp³-hybridized carbons (Fsp3) is 0.360. The van der Waals surface area contributed by atoms with Crippen molar-refractivity contribution in [2.45, 2.75) is 65.2 Å². The molecule has 0 saturated heterocycles. The summed E-state index contributed by atoms with van der Waals surface area (Å²) in [5, 5.41) is 4.50. The Labute approximate surface area is 330 Å². The van der Waals surface area contributed by atoms with Crippen LogP contribution in [0.15, 0.2) is 84.9 Å². The maximum Gasteiger partial charge on any atom is 0.130 e. The SMILES string of the molecule is Cc1cc2c(c3c1OCCOCCOc1ccc4ccccc4c1-c1c(ccc4ccccc14)OCCOCCOc1c(C)cc4c(c1-3)CCCC4)CCCC2. The molecule has 1 heterocycles. The molecular weight excluding hydrogens is 697 g/mol. The van der Waals surface area contributed by atoms with Gasteiger partial charge >= 0.3 is 0 Å². The van der Waals surface area contributed by atoms with Gasteiger partial charge < -0.3 is 28.4 Å². The van der Waals surface area contributed by atoms with Crippen LogP contribution >= 0.6 is 0 Å². The number of rotatable bonds is 0. The van der Waals surface area contributed by atoms with Gasteiger partial charge in [0.2, 0.25) is 0 Å². The van der Waals surface area contributed by atoms with Crippen LogP contribution in [-0.4, -0.2) is 52.9 Å². The van der Waals surface area contributed by atoms with E-state index in [0.717, 1.165) is 81.4 Å². The summed E-state index contributed by atoms with van der Waals surface area (Å²) in [6.07, 6.45) is 9.13. The summed E-state index contributed by atoms with van der Waals surface area (Å²) in [6, 6.07) is 30.1. The minimum Gasteiger partial charge on any atom is -0.491 e. The van der Waals surface area contributed by atoms with Crippen molar-refractivity contribution in [1.29, 1.82) is 0 Å². The van der Waals surface area contributed by atoms with Crippen LogP contribution in [0.4, 0.5) is 0 Å². The van der Waals surface area contributed by atoms with Gasteiger partial charge in [-0.05, 0) is 132 Å². The Balaban J connectivity index is 1.07. The van der Waals surface area contributed by atoms with Crippen molar-refractivity contribution in [3.63, 3.8) is 0 Å². The van der Waals surface area contributed by atoms with Crippen molar-refractivity contribution < 1.29 is 28.4 Å². The van der Waals surface area contributed by atoms with Gasteiger partial charge in [0.15, 0.2) is 0 Å². The highest BCUT2D eigenvalue weighted by Crippen LogP contribution is 2.50. The third kappa shape index (κ3) is 7.21. The molecule has 0 atom stereocenters. The van der Waals surface area contributed by atoms with Crippen molar-refractivity contribution in [2.24, 2.45) is 0 Å². The monoisotopic (exact) mass is 748 g/mol. The number of ether oxygens (including phenoxy) is 6. The second kappa shape index (κ2) is 16.6. The maximum atomic E-state index is 6.81. The summed E-state index contributed by atoms with van der Waals surface area (Å²) in [7, 11) is 0. The first-order valence-corrected chi connectivity index (χ1v) is 20.7. The summed E-state index contributed by atoms with van der Waals surface area (Å²) >= 11 is 0. The zero-order valence-corrected chi connectivity index (χ0v) is 32.8. The quantitative estimate of drug-likeness (QED) is 0.154. The molecule has 6 heteroatoms. The van der Waals surface area contributed by atoms with Crippen LogP contribution in [0.3, 0.4) is 0 Å². The molecule has 2 aliphatic carbocycles. The molecule has 0 bridgehead atoms. The lowest BCUT2D eigenvalue weighted by Crippen LogP contribution is -2.17. The lowest BCUT2D eigenvalue weighted by Gasteiger charge is -2.30. The minimum absolute atomic E-state index is 0.402. The Hall–Kier alpha value is -5.04. The molecular formula is C50H52O6. The van der Waals surface area contributed by atoms with Crippen molar-refractivity contribution in [1.82, 2.24) is 0 Å². The first-order chi connectivity index (χ1) is 27.7. The van der Waals surface area contributed by atoms with Crippen LogP contribution in [0, 0.1) is 13.8 Å². The third-order valence-electron chi connectivity index (χ3n) is 11.8. The molecule has 0 radical (unpaired) electrons. The Morgan fingerprint density at radius 1 is 0.393 bits per heavy atom. The lowest BCUT2D eigenvalue weighted by molar-refractivity contribution is 0.0757. The van der Waals surface area contributed by atoms with Crippen LogP contribution in [0.5, 0.6) is 23.0 Å². The third-order valence-corrected chi connectivity index (χ3v) is 11.8. The highest BCUT2D eigenvalue weighted by molar-refractivity contribution is 6.09. The average Bonchev–Trinajstić information content (AvgIpc) is 3.22. The zero-order chi connectivity index (χ0) is 37.8. The molecule has 9 rings (SSSR count). The van der Waals surface area contributed by atoms with Gasteiger partial charge in [0.05, 0.1) is 26.4 Å². The molecule has 0 spiro atoms. The molecule has 0 saturated carbocycles. The Bertz CT molecular complexity index is 2210. The van der Waals surface area contributed by atoms with Crippen molar-refractivity contribution in [2.75, 3.05) is 52.9 Å². The fourth-order valence-corrected chi connectivity index (χ4v) is 9.26. The summed E-state index contributed by atoms with van der Waals surface area (Å²) < 4.78 is 39.3. The van der Waals surface area contributed by atoms with E-state index in [1.165, 1.54) is 70.2 Å². The highest BCUT2D eigenvalue weighted by Gasteiger charge is 2.29. The van der Waals surface area contributed by atoms with E-state index in [1.54, 1.807) is 0 Å². The van der Waals surface area contributed by atoms with E-state index in [0.29, 0.717) is 52.9 Å². The van der Waals surface area contributed by atoms with Crippen molar-refractivity contribution in [3.05, 3.63) is 118 Å². The summed E-state index contributed by atoms with van der Waals surface area (Å²) in [5.41, 5.74) is 12.6. The molecule has 288 valence electrons. The van der Waals surface area contributed by atoms with E-state index in [4.69, 9.17) is 28.4 Å². The van der Waals surface area contributed by atoms with E-state index in [1.807, 2.05) is 0 Å². The van der Waals surface area contributed by atoms with E-state index < -0.39 is 0 Å². The van der Waals surface area contributed by atoms with E-state index >= 15 is 0 Å². The van der Waals surface area contributed by atoms with Crippen LogP contribution in [0.1, 0.15) is 59.1 Å². The number of aryl methyl sites for hydroxylation is 4. The predicted molar refractivity (Wildman–Crippen MR) is 225 cm³/mol. The average molecular weight is 749 g/mol.